The quantitative estimate of drug-likeness (QED) is 0.890. The van der Waals surface area contributed by atoms with E-state index in [1.807, 2.05) is 24.3 Å². The third kappa shape index (κ3) is 3.40. The van der Waals surface area contributed by atoms with E-state index in [9.17, 15) is 4.79 Å². The molecule has 1 aliphatic heterocycles. The molecule has 2 N–H and O–H groups in total. The molecule has 1 aliphatic rings. The zero-order valence-electron chi connectivity index (χ0n) is 12.9. The molecule has 2 rings (SSSR count). The fourth-order valence-corrected chi connectivity index (χ4v) is 2.86. The number of carbonyl (C=O) groups is 1. The van der Waals surface area contributed by atoms with Crippen LogP contribution < -0.4 is 10.6 Å². The lowest BCUT2D eigenvalue weighted by atomic mass is 9.89. The van der Waals surface area contributed by atoms with Crippen LogP contribution in [0, 0.1) is 5.92 Å². The highest BCUT2D eigenvalue weighted by Crippen LogP contribution is 2.18. The fraction of sp³-hybridized carbons (Fsp3) is 0.588. The van der Waals surface area contributed by atoms with Crippen molar-refractivity contribution in [3.05, 3.63) is 35.4 Å². The van der Waals surface area contributed by atoms with E-state index in [1.165, 1.54) is 5.56 Å². The van der Waals surface area contributed by atoms with Crippen molar-refractivity contribution in [1.29, 1.82) is 0 Å². The molecular weight excluding hydrogens is 248 g/mol. The molecule has 1 amide bonds. The minimum atomic E-state index is 0.0349. The summed E-state index contributed by atoms with van der Waals surface area (Å²) in [4.78, 5) is 12.3. The van der Waals surface area contributed by atoms with Gasteiger partial charge in [0.2, 0.25) is 0 Å². The molecule has 0 aromatic heterocycles. The molecule has 1 saturated heterocycles. The molecule has 110 valence electrons. The first-order valence-electron chi connectivity index (χ1n) is 7.63. The summed E-state index contributed by atoms with van der Waals surface area (Å²) >= 11 is 0. The monoisotopic (exact) mass is 274 g/mol. The molecule has 3 nitrogen and oxygen atoms in total. The third-order valence-electron chi connectivity index (χ3n) is 4.36. The minimum absolute atomic E-state index is 0.0349. The SMILES string of the molecule is CC(C)c1ccc(C(=O)NC2C(C)CCNC2C)cc1. The van der Waals surface area contributed by atoms with Crippen molar-refractivity contribution < 1.29 is 4.79 Å². The first-order valence-corrected chi connectivity index (χ1v) is 7.63. The Bertz CT molecular complexity index is 443. The molecule has 1 aromatic carbocycles. The predicted molar refractivity (Wildman–Crippen MR) is 83.0 cm³/mol. The van der Waals surface area contributed by atoms with Crippen LogP contribution in [0.4, 0.5) is 0 Å². The summed E-state index contributed by atoms with van der Waals surface area (Å²) in [5, 5.41) is 6.61. The molecule has 1 heterocycles. The van der Waals surface area contributed by atoms with Gasteiger partial charge in [0, 0.05) is 17.6 Å². The molecule has 0 radical (unpaired) electrons. The summed E-state index contributed by atoms with van der Waals surface area (Å²) in [7, 11) is 0. The highest BCUT2D eigenvalue weighted by atomic mass is 16.1. The second-order valence-electron chi connectivity index (χ2n) is 6.28. The number of carbonyl (C=O) groups excluding carboxylic acids is 1. The second-order valence-corrected chi connectivity index (χ2v) is 6.28. The molecule has 1 fully saturated rings. The Hall–Kier alpha value is -1.35. The summed E-state index contributed by atoms with van der Waals surface area (Å²) in [5.41, 5.74) is 2.02. The molecule has 3 heteroatoms. The maximum Gasteiger partial charge on any atom is 0.251 e. The second kappa shape index (κ2) is 6.40. The summed E-state index contributed by atoms with van der Waals surface area (Å²) in [6.45, 7) is 9.71. The smallest absolute Gasteiger partial charge is 0.251 e. The molecule has 3 atom stereocenters. The van der Waals surface area contributed by atoms with Crippen LogP contribution in [0.25, 0.3) is 0 Å². The Balaban J connectivity index is 2.03. The molecule has 1 aromatic rings. The van der Waals surface area contributed by atoms with Gasteiger partial charge in [-0.25, -0.2) is 0 Å². The Morgan fingerprint density at radius 1 is 1.25 bits per heavy atom. The summed E-state index contributed by atoms with van der Waals surface area (Å²) in [6, 6.07) is 8.49. The lowest BCUT2D eigenvalue weighted by Crippen LogP contribution is -2.55. The molecule has 0 spiro atoms. The maximum absolute atomic E-state index is 12.3. The molecule has 3 unspecified atom stereocenters. The summed E-state index contributed by atoms with van der Waals surface area (Å²) in [6.07, 6.45) is 1.11. The van der Waals surface area contributed by atoms with Crippen LogP contribution in [0.3, 0.4) is 0 Å². The van der Waals surface area contributed by atoms with Gasteiger partial charge in [-0.2, -0.15) is 0 Å². The van der Waals surface area contributed by atoms with Crippen molar-refractivity contribution in [2.75, 3.05) is 6.54 Å². The van der Waals surface area contributed by atoms with Gasteiger partial charge in [-0.15, -0.1) is 0 Å². The largest absolute Gasteiger partial charge is 0.347 e. The van der Waals surface area contributed by atoms with Crippen LogP contribution in [0.15, 0.2) is 24.3 Å². The van der Waals surface area contributed by atoms with Gasteiger partial charge in [0.15, 0.2) is 0 Å². The Morgan fingerprint density at radius 2 is 1.90 bits per heavy atom. The van der Waals surface area contributed by atoms with Gasteiger partial charge in [-0.3, -0.25) is 4.79 Å². The van der Waals surface area contributed by atoms with E-state index in [1.54, 1.807) is 0 Å². The number of nitrogens with one attached hydrogen (secondary N) is 2. The Morgan fingerprint density at radius 3 is 2.45 bits per heavy atom. The zero-order valence-corrected chi connectivity index (χ0v) is 12.9. The molecular formula is C17H26N2O. The van der Waals surface area contributed by atoms with E-state index >= 15 is 0 Å². The molecule has 0 bridgehead atoms. The van der Waals surface area contributed by atoms with Gasteiger partial charge in [-0.1, -0.05) is 32.9 Å². The minimum Gasteiger partial charge on any atom is -0.347 e. The average Bonchev–Trinajstić information content (AvgIpc) is 2.43. The van der Waals surface area contributed by atoms with Crippen LogP contribution in [0.2, 0.25) is 0 Å². The number of piperidine rings is 1. The first kappa shape index (κ1) is 15.0. The normalized spacial score (nSPS) is 26.6. The van der Waals surface area contributed by atoms with Crippen molar-refractivity contribution in [2.45, 2.75) is 52.1 Å². The van der Waals surface area contributed by atoms with Crippen LogP contribution in [-0.2, 0) is 0 Å². The van der Waals surface area contributed by atoms with E-state index in [-0.39, 0.29) is 11.9 Å². The Labute approximate surface area is 122 Å². The van der Waals surface area contributed by atoms with Crippen LogP contribution in [0.5, 0.6) is 0 Å². The number of hydrogen-bond acceptors (Lipinski definition) is 2. The topological polar surface area (TPSA) is 41.1 Å². The van der Waals surface area contributed by atoms with E-state index in [2.05, 4.69) is 38.3 Å². The fourth-order valence-electron chi connectivity index (χ4n) is 2.86. The van der Waals surface area contributed by atoms with Crippen molar-refractivity contribution in [2.24, 2.45) is 5.92 Å². The van der Waals surface area contributed by atoms with Crippen LogP contribution >= 0.6 is 0 Å². The van der Waals surface area contributed by atoms with Crippen molar-refractivity contribution in [3.8, 4) is 0 Å². The summed E-state index contributed by atoms with van der Waals surface area (Å²) in [5.74, 6) is 1.05. The lowest BCUT2D eigenvalue weighted by molar-refractivity contribution is 0.0897. The van der Waals surface area contributed by atoms with E-state index < -0.39 is 0 Å². The van der Waals surface area contributed by atoms with Crippen LogP contribution in [0.1, 0.15) is 56.0 Å². The van der Waals surface area contributed by atoms with Gasteiger partial charge < -0.3 is 10.6 Å². The number of rotatable bonds is 3. The molecule has 20 heavy (non-hydrogen) atoms. The van der Waals surface area contributed by atoms with Gasteiger partial charge in [-0.05, 0) is 49.4 Å². The van der Waals surface area contributed by atoms with Gasteiger partial charge in [0.1, 0.15) is 0 Å². The standard InChI is InChI=1S/C17H26N2O/c1-11(2)14-5-7-15(8-6-14)17(20)19-16-12(3)9-10-18-13(16)4/h5-8,11-13,16,18H,9-10H2,1-4H3,(H,19,20). The summed E-state index contributed by atoms with van der Waals surface area (Å²) < 4.78 is 0. The van der Waals surface area contributed by atoms with Crippen molar-refractivity contribution in [1.82, 2.24) is 10.6 Å². The number of amides is 1. The van der Waals surface area contributed by atoms with Crippen molar-refractivity contribution in [3.63, 3.8) is 0 Å². The van der Waals surface area contributed by atoms with Crippen LogP contribution in [-0.4, -0.2) is 24.5 Å². The van der Waals surface area contributed by atoms with E-state index in [4.69, 9.17) is 0 Å². The highest BCUT2D eigenvalue weighted by Gasteiger charge is 2.28. The molecule has 0 saturated carbocycles. The highest BCUT2D eigenvalue weighted by molar-refractivity contribution is 5.94. The predicted octanol–water partition coefficient (Wildman–Crippen LogP) is 2.93. The van der Waals surface area contributed by atoms with Gasteiger partial charge >= 0.3 is 0 Å². The third-order valence-corrected chi connectivity index (χ3v) is 4.36. The number of benzene rings is 1. The van der Waals surface area contributed by atoms with E-state index in [0.29, 0.717) is 17.9 Å². The number of hydrogen-bond donors (Lipinski definition) is 2. The van der Waals surface area contributed by atoms with E-state index in [0.717, 1.165) is 18.5 Å². The first-order chi connectivity index (χ1) is 9.49. The maximum atomic E-state index is 12.3. The molecule has 0 aliphatic carbocycles. The average molecular weight is 274 g/mol. The zero-order chi connectivity index (χ0) is 14.7. The van der Waals surface area contributed by atoms with Gasteiger partial charge in [0.25, 0.3) is 5.91 Å². The Kier molecular flexibility index (Phi) is 4.81. The van der Waals surface area contributed by atoms with Gasteiger partial charge in [0.05, 0.1) is 0 Å². The lowest BCUT2D eigenvalue weighted by Gasteiger charge is -2.36. The van der Waals surface area contributed by atoms with Crippen molar-refractivity contribution >= 4 is 5.91 Å².